The van der Waals surface area contributed by atoms with Crippen LogP contribution < -0.4 is 0 Å². The lowest BCUT2D eigenvalue weighted by Crippen LogP contribution is -2.14. The Bertz CT molecular complexity index is 225. The average Bonchev–Trinajstić information content (AvgIpc) is 2.17. The van der Waals surface area contributed by atoms with Gasteiger partial charge in [-0.2, -0.15) is 0 Å². The first-order valence-corrected chi connectivity index (χ1v) is 5.56. The first-order chi connectivity index (χ1) is 7.47. The molecule has 0 heterocycles. The summed E-state index contributed by atoms with van der Waals surface area (Å²) in [5.41, 5.74) is 0.815. The molecule has 16 heavy (non-hydrogen) atoms. The van der Waals surface area contributed by atoms with E-state index in [1.807, 2.05) is 6.92 Å². The van der Waals surface area contributed by atoms with E-state index in [2.05, 4.69) is 18.4 Å². The van der Waals surface area contributed by atoms with Crippen LogP contribution in [-0.4, -0.2) is 23.9 Å². The summed E-state index contributed by atoms with van der Waals surface area (Å²) in [6.45, 7) is 9.50. The summed E-state index contributed by atoms with van der Waals surface area (Å²) in [6, 6.07) is 0. The maximum atomic E-state index is 10.5. The Balaban J connectivity index is 3.67. The molecule has 0 aromatic carbocycles. The summed E-state index contributed by atoms with van der Waals surface area (Å²) in [5, 5.41) is 8.63. The van der Waals surface area contributed by atoms with Gasteiger partial charge in [0.15, 0.2) is 0 Å². The van der Waals surface area contributed by atoms with E-state index in [0.717, 1.165) is 24.8 Å². The number of ether oxygens (including phenoxy) is 1. The number of carbonyl (C=O) groups excluding carboxylic acids is 1. The number of rotatable bonds is 8. The third kappa shape index (κ3) is 7.43. The predicted octanol–water partition coefficient (Wildman–Crippen LogP) is 2.79. The van der Waals surface area contributed by atoms with Crippen molar-refractivity contribution in [3.05, 3.63) is 12.2 Å². The molecule has 0 rings (SSSR count). The average molecular weight is 230 g/mol. The van der Waals surface area contributed by atoms with Crippen LogP contribution in [0.25, 0.3) is 0 Å². The van der Waals surface area contributed by atoms with E-state index in [9.17, 15) is 4.79 Å². The summed E-state index contributed by atoms with van der Waals surface area (Å²) < 4.78 is 4.86. The minimum absolute atomic E-state index is 0.245. The molecule has 0 amide bonds. The van der Waals surface area contributed by atoms with Gasteiger partial charge in [-0.3, -0.25) is 10.1 Å². The molecular formula is C12H22O4. The molecule has 0 aliphatic heterocycles. The fourth-order valence-corrected chi connectivity index (χ4v) is 1.37. The van der Waals surface area contributed by atoms with E-state index in [1.54, 1.807) is 0 Å². The largest absolute Gasteiger partial charge is 0.466 e. The highest BCUT2D eigenvalue weighted by molar-refractivity contribution is 5.65. The molecule has 1 N–H and O–H groups in total. The van der Waals surface area contributed by atoms with Gasteiger partial charge in [0, 0.05) is 6.92 Å². The Morgan fingerprint density at radius 2 is 1.94 bits per heavy atom. The highest BCUT2D eigenvalue weighted by Crippen LogP contribution is 2.16. The Hall–Kier alpha value is -0.870. The van der Waals surface area contributed by atoms with Gasteiger partial charge in [-0.25, -0.2) is 4.89 Å². The van der Waals surface area contributed by atoms with Crippen molar-refractivity contribution in [2.75, 3.05) is 6.61 Å². The van der Waals surface area contributed by atoms with Crippen LogP contribution in [0.2, 0.25) is 0 Å². The third-order valence-corrected chi connectivity index (χ3v) is 2.51. The SMILES string of the molecule is C=C(C)C(CCC(C)CCOC(C)=O)OO. The van der Waals surface area contributed by atoms with Crippen LogP contribution in [0.3, 0.4) is 0 Å². The second-order valence-electron chi connectivity index (χ2n) is 4.25. The smallest absolute Gasteiger partial charge is 0.302 e. The van der Waals surface area contributed by atoms with Gasteiger partial charge >= 0.3 is 5.97 Å². The molecule has 4 heteroatoms. The van der Waals surface area contributed by atoms with Gasteiger partial charge in [-0.05, 0) is 37.7 Å². The number of esters is 1. The first kappa shape index (κ1) is 15.1. The zero-order chi connectivity index (χ0) is 12.6. The van der Waals surface area contributed by atoms with Crippen LogP contribution in [0.15, 0.2) is 12.2 Å². The van der Waals surface area contributed by atoms with Gasteiger partial charge in [0.2, 0.25) is 0 Å². The van der Waals surface area contributed by atoms with Crippen molar-refractivity contribution in [2.45, 2.75) is 46.1 Å². The van der Waals surface area contributed by atoms with E-state index in [1.165, 1.54) is 6.92 Å². The van der Waals surface area contributed by atoms with Crippen molar-refractivity contribution >= 4 is 5.97 Å². The van der Waals surface area contributed by atoms with Crippen LogP contribution in [0.4, 0.5) is 0 Å². The second-order valence-corrected chi connectivity index (χ2v) is 4.25. The summed E-state index contributed by atoms with van der Waals surface area (Å²) >= 11 is 0. The predicted molar refractivity (Wildman–Crippen MR) is 62.0 cm³/mol. The van der Waals surface area contributed by atoms with E-state index in [0.29, 0.717) is 12.5 Å². The molecule has 94 valence electrons. The van der Waals surface area contributed by atoms with E-state index in [4.69, 9.17) is 9.99 Å². The number of carbonyl (C=O) groups is 1. The Morgan fingerprint density at radius 1 is 1.31 bits per heavy atom. The Morgan fingerprint density at radius 3 is 2.38 bits per heavy atom. The summed E-state index contributed by atoms with van der Waals surface area (Å²) in [6.07, 6.45) is 2.16. The monoisotopic (exact) mass is 230 g/mol. The van der Waals surface area contributed by atoms with Gasteiger partial charge in [0.25, 0.3) is 0 Å². The van der Waals surface area contributed by atoms with Crippen molar-refractivity contribution in [1.29, 1.82) is 0 Å². The van der Waals surface area contributed by atoms with Crippen molar-refractivity contribution in [3.8, 4) is 0 Å². The number of hydrogen-bond donors (Lipinski definition) is 1. The molecule has 0 aliphatic carbocycles. The summed E-state index contributed by atoms with van der Waals surface area (Å²) in [5.74, 6) is 0.182. The minimum atomic E-state index is -0.295. The van der Waals surface area contributed by atoms with Crippen molar-refractivity contribution in [3.63, 3.8) is 0 Å². The molecule has 0 fully saturated rings. The van der Waals surface area contributed by atoms with Gasteiger partial charge in [-0.1, -0.05) is 13.5 Å². The molecule has 0 aliphatic rings. The molecule has 2 unspecified atom stereocenters. The van der Waals surface area contributed by atoms with Gasteiger partial charge in [-0.15, -0.1) is 0 Å². The highest BCUT2D eigenvalue weighted by atomic mass is 17.1. The van der Waals surface area contributed by atoms with Crippen LogP contribution in [0, 0.1) is 5.92 Å². The Labute approximate surface area is 97.2 Å². The van der Waals surface area contributed by atoms with Crippen LogP contribution in [-0.2, 0) is 14.4 Å². The zero-order valence-corrected chi connectivity index (χ0v) is 10.4. The summed E-state index contributed by atoms with van der Waals surface area (Å²) in [4.78, 5) is 14.9. The van der Waals surface area contributed by atoms with E-state index < -0.39 is 0 Å². The maximum absolute atomic E-state index is 10.5. The van der Waals surface area contributed by atoms with Crippen molar-refractivity contribution < 1.29 is 19.7 Å². The maximum Gasteiger partial charge on any atom is 0.302 e. The molecule has 0 aromatic rings. The topological polar surface area (TPSA) is 55.8 Å². The molecular weight excluding hydrogens is 208 g/mol. The molecule has 4 nitrogen and oxygen atoms in total. The van der Waals surface area contributed by atoms with E-state index >= 15 is 0 Å². The lowest BCUT2D eigenvalue weighted by Gasteiger charge is -2.16. The molecule has 0 radical (unpaired) electrons. The molecule has 0 bridgehead atoms. The van der Waals surface area contributed by atoms with Crippen molar-refractivity contribution in [1.82, 2.24) is 0 Å². The summed E-state index contributed by atoms with van der Waals surface area (Å²) in [7, 11) is 0. The van der Waals surface area contributed by atoms with Crippen LogP contribution in [0.5, 0.6) is 0 Å². The fraction of sp³-hybridized carbons (Fsp3) is 0.750. The molecule has 0 aromatic heterocycles. The standard InChI is InChI=1S/C12H22O4/c1-9(2)12(16-14)6-5-10(3)7-8-15-11(4)13/h10,12,14H,1,5-8H2,2-4H3. The first-order valence-electron chi connectivity index (χ1n) is 5.56. The molecule has 0 saturated heterocycles. The van der Waals surface area contributed by atoms with E-state index in [-0.39, 0.29) is 12.1 Å². The van der Waals surface area contributed by atoms with Crippen LogP contribution in [0.1, 0.15) is 40.0 Å². The molecule has 2 atom stereocenters. The minimum Gasteiger partial charge on any atom is -0.466 e. The van der Waals surface area contributed by atoms with Gasteiger partial charge in [0.05, 0.1) is 6.61 Å². The fourth-order valence-electron chi connectivity index (χ4n) is 1.37. The molecule has 0 spiro atoms. The van der Waals surface area contributed by atoms with Gasteiger partial charge in [0.1, 0.15) is 6.10 Å². The number of hydrogen-bond acceptors (Lipinski definition) is 4. The highest BCUT2D eigenvalue weighted by Gasteiger charge is 2.12. The lowest BCUT2D eigenvalue weighted by molar-refractivity contribution is -0.270. The van der Waals surface area contributed by atoms with Crippen molar-refractivity contribution in [2.24, 2.45) is 5.92 Å². The lowest BCUT2D eigenvalue weighted by atomic mass is 9.98. The van der Waals surface area contributed by atoms with Gasteiger partial charge < -0.3 is 4.74 Å². The third-order valence-electron chi connectivity index (χ3n) is 2.51. The Kier molecular flexibility index (Phi) is 7.85. The molecule has 0 saturated carbocycles. The van der Waals surface area contributed by atoms with Crippen LogP contribution >= 0.6 is 0 Å². The normalized spacial score (nSPS) is 14.2. The second kappa shape index (κ2) is 8.30. The quantitative estimate of drug-likeness (QED) is 0.301. The zero-order valence-electron chi connectivity index (χ0n) is 10.4.